The third kappa shape index (κ3) is 4.57. The molecule has 2 rings (SSSR count). The van der Waals surface area contributed by atoms with Crippen molar-refractivity contribution in [2.75, 3.05) is 27.2 Å². The standard InChI is InChI=1S/C14H21N3O2S.HI/c1-10-7-17(8-12(10)13(18)19-3)14(15-2)16-6-11-4-5-20-9-11;/h4-5,9-10,12H,6-8H2,1-3H3,(H,15,16);1H. The zero-order valence-corrected chi connectivity index (χ0v) is 15.7. The van der Waals surface area contributed by atoms with Gasteiger partial charge in [-0.3, -0.25) is 9.79 Å². The highest BCUT2D eigenvalue weighted by molar-refractivity contribution is 14.0. The molecule has 0 saturated carbocycles. The van der Waals surface area contributed by atoms with Crippen LogP contribution < -0.4 is 5.32 Å². The van der Waals surface area contributed by atoms with Crippen molar-refractivity contribution < 1.29 is 9.53 Å². The number of carbonyl (C=O) groups excluding carboxylic acids is 1. The molecule has 5 nitrogen and oxygen atoms in total. The molecule has 1 aromatic rings. The SMILES string of the molecule is CN=C(NCc1ccsc1)N1CC(C)C(C(=O)OC)C1.I. The number of rotatable bonds is 3. The average Bonchev–Trinajstić information content (AvgIpc) is 3.08. The van der Waals surface area contributed by atoms with E-state index in [-0.39, 0.29) is 41.8 Å². The third-order valence-electron chi connectivity index (χ3n) is 3.66. The van der Waals surface area contributed by atoms with E-state index in [2.05, 4.69) is 39.0 Å². The first kappa shape index (κ1) is 18.2. The summed E-state index contributed by atoms with van der Waals surface area (Å²) in [6.07, 6.45) is 0. The summed E-state index contributed by atoms with van der Waals surface area (Å²) in [5, 5.41) is 7.52. The molecule has 0 bridgehead atoms. The van der Waals surface area contributed by atoms with Crippen molar-refractivity contribution in [1.82, 2.24) is 10.2 Å². The average molecular weight is 423 g/mol. The fraction of sp³-hybridized carbons (Fsp3) is 0.571. The number of hydrogen-bond acceptors (Lipinski definition) is 4. The number of guanidine groups is 1. The lowest BCUT2D eigenvalue weighted by atomic mass is 9.99. The molecule has 0 aromatic carbocycles. The molecule has 1 aromatic heterocycles. The Hall–Kier alpha value is -0.830. The molecular weight excluding hydrogens is 401 g/mol. The number of aliphatic imine (C=N–C) groups is 1. The van der Waals surface area contributed by atoms with Crippen molar-refractivity contribution in [2.45, 2.75) is 13.5 Å². The zero-order valence-electron chi connectivity index (χ0n) is 12.5. The number of likely N-dealkylation sites (tertiary alicyclic amines) is 1. The second-order valence-corrected chi connectivity index (χ2v) is 5.82. The minimum absolute atomic E-state index is 0. The third-order valence-corrected chi connectivity index (χ3v) is 4.39. The van der Waals surface area contributed by atoms with Crippen molar-refractivity contribution in [2.24, 2.45) is 16.8 Å². The number of nitrogens with one attached hydrogen (secondary N) is 1. The highest BCUT2D eigenvalue weighted by atomic mass is 127. The van der Waals surface area contributed by atoms with Crippen molar-refractivity contribution >= 4 is 47.2 Å². The molecule has 1 aliphatic heterocycles. The Kier molecular flexibility index (Phi) is 7.44. The van der Waals surface area contributed by atoms with Crippen LogP contribution in [-0.2, 0) is 16.1 Å². The van der Waals surface area contributed by atoms with E-state index in [1.165, 1.54) is 12.7 Å². The van der Waals surface area contributed by atoms with Gasteiger partial charge in [0.15, 0.2) is 5.96 Å². The van der Waals surface area contributed by atoms with Gasteiger partial charge >= 0.3 is 5.97 Å². The maximum absolute atomic E-state index is 11.7. The summed E-state index contributed by atoms with van der Waals surface area (Å²) in [6, 6.07) is 2.09. The van der Waals surface area contributed by atoms with Gasteiger partial charge in [0.1, 0.15) is 0 Å². The van der Waals surface area contributed by atoms with Crippen LogP contribution in [0.1, 0.15) is 12.5 Å². The second kappa shape index (κ2) is 8.57. The first-order valence-electron chi connectivity index (χ1n) is 6.70. The summed E-state index contributed by atoms with van der Waals surface area (Å²) >= 11 is 1.68. The molecule has 0 aliphatic carbocycles. The van der Waals surface area contributed by atoms with Gasteiger partial charge < -0.3 is 15.0 Å². The van der Waals surface area contributed by atoms with Gasteiger partial charge in [-0.2, -0.15) is 11.3 Å². The van der Waals surface area contributed by atoms with Crippen LogP contribution in [0.4, 0.5) is 0 Å². The predicted molar refractivity (Wildman–Crippen MR) is 96.2 cm³/mol. The number of hydrogen-bond donors (Lipinski definition) is 1. The van der Waals surface area contributed by atoms with Crippen LogP contribution >= 0.6 is 35.3 Å². The Morgan fingerprint density at radius 1 is 1.57 bits per heavy atom. The monoisotopic (exact) mass is 423 g/mol. The van der Waals surface area contributed by atoms with Crippen molar-refractivity contribution in [1.29, 1.82) is 0 Å². The smallest absolute Gasteiger partial charge is 0.310 e. The Balaban J connectivity index is 0.00000220. The van der Waals surface area contributed by atoms with E-state index < -0.39 is 0 Å². The normalized spacial score (nSPS) is 21.9. The summed E-state index contributed by atoms with van der Waals surface area (Å²) in [5.41, 5.74) is 1.24. The molecule has 2 unspecified atom stereocenters. The van der Waals surface area contributed by atoms with E-state index in [0.29, 0.717) is 6.54 Å². The zero-order chi connectivity index (χ0) is 14.5. The first-order valence-corrected chi connectivity index (χ1v) is 7.64. The van der Waals surface area contributed by atoms with E-state index in [9.17, 15) is 4.79 Å². The molecule has 7 heteroatoms. The Morgan fingerprint density at radius 2 is 2.33 bits per heavy atom. The van der Waals surface area contributed by atoms with Crippen LogP contribution in [0.15, 0.2) is 21.8 Å². The molecule has 0 amide bonds. The van der Waals surface area contributed by atoms with E-state index in [1.54, 1.807) is 18.4 Å². The number of carbonyl (C=O) groups is 1. The summed E-state index contributed by atoms with van der Waals surface area (Å²) in [4.78, 5) is 18.1. The fourth-order valence-corrected chi connectivity index (χ4v) is 3.17. The van der Waals surface area contributed by atoms with E-state index >= 15 is 0 Å². The van der Waals surface area contributed by atoms with Crippen LogP contribution in [0.3, 0.4) is 0 Å². The van der Waals surface area contributed by atoms with E-state index in [1.807, 2.05) is 0 Å². The van der Waals surface area contributed by atoms with Gasteiger partial charge in [0.25, 0.3) is 0 Å². The molecule has 2 atom stereocenters. The Bertz CT molecular complexity index is 479. The van der Waals surface area contributed by atoms with Crippen LogP contribution in [0.25, 0.3) is 0 Å². The number of esters is 1. The van der Waals surface area contributed by atoms with Crippen molar-refractivity contribution in [3.63, 3.8) is 0 Å². The first-order chi connectivity index (χ1) is 9.65. The van der Waals surface area contributed by atoms with Crippen LogP contribution in [-0.4, -0.2) is 44.1 Å². The number of nitrogens with zero attached hydrogens (tertiary/aromatic N) is 2. The highest BCUT2D eigenvalue weighted by Crippen LogP contribution is 2.24. The lowest BCUT2D eigenvalue weighted by Crippen LogP contribution is -2.40. The predicted octanol–water partition coefficient (Wildman–Crippen LogP) is 2.18. The number of halogens is 1. The van der Waals surface area contributed by atoms with Gasteiger partial charge in [-0.05, 0) is 28.3 Å². The summed E-state index contributed by atoms with van der Waals surface area (Å²) in [7, 11) is 3.22. The molecule has 1 aliphatic rings. The lowest BCUT2D eigenvalue weighted by Gasteiger charge is -2.21. The van der Waals surface area contributed by atoms with Crippen molar-refractivity contribution in [3.05, 3.63) is 22.4 Å². The molecule has 21 heavy (non-hydrogen) atoms. The Labute approximate surface area is 146 Å². The quantitative estimate of drug-likeness (QED) is 0.351. The molecule has 1 fully saturated rings. The number of ether oxygens (including phenoxy) is 1. The topological polar surface area (TPSA) is 53.9 Å². The minimum atomic E-state index is -0.131. The van der Waals surface area contributed by atoms with Gasteiger partial charge in [-0.25, -0.2) is 0 Å². The molecule has 1 N–H and O–H groups in total. The molecule has 118 valence electrons. The minimum Gasteiger partial charge on any atom is -0.469 e. The number of thiophene rings is 1. The highest BCUT2D eigenvalue weighted by Gasteiger charge is 2.36. The summed E-state index contributed by atoms with van der Waals surface area (Å²) in [6.45, 7) is 4.32. The molecule has 0 spiro atoms. The fourth-order valence-electron chi connectivity index (χ4n) is 2.50. The summed E-state index contributed by atoms with van der Waals surface area (Å²) < 4.78 is 4.86. The van der Waals surface area contributed by atoms with Crippen LogP contribution in [0, 0.1) is 11.8 Å². The van der Waals surface area contributed by atoms with Gasteiger partial charge in [0.05, 0.1) is 13.0 Å². The molecule has 1 saturated heterocycles. The number of methoxy groups -OCH3 is 1. The van der Waals surface area contributed by atoms with Crippen molar-refractivity contribution in [3.8, 4) is 0 Å². The van der Waals surface area contributed by atoms with E-state index in [4.69, 9.17) is 4.74 Å². The molecular formula is C14H22IN3O2S. The Morgan fingerprint density at radius 3 is 2.90 bits per heavy atom. The largest absolute Gasteiger partial charge is 0.469 e. The van der Waals surface area contributed by atoms with Crippen LogP contribution in [0.2, 0.25) is 0 Å². The lowest BCUT2D eigenvalue weighted by molar-refractivity contribution is -0.145. The summed E-state index contributed by atoms with van der Waals surface area (Å²) in [5.74, 6) is 0.921. The second-order valence-electron chi connectivity index (χ2n) is 5.04. The maximum Gasteiger partial charge on any atom is 0.310 e. The molecule has 0 radical (unpaired) electrons. The van der Waals surface area contributed by atoms with Gasteiger partial charge in [-0.15, -0.1) is 24.0 Å². The van der Waals surface area contributed by atoms with Gasteiger partial charge in [0.2, 0.25) is 0 Å². The maximum atomic E-state index is 11.7. The van der Waals surface area contributed by atoms with E-state index in [0.717, 1.165) is 19.0 Å². The van der Waals surface area contributed by atoms with Crippen LogP contribution in [0.5, 0.6) is 0 Å². The molecule has 2 heterocycles. The van der Waals surface area contributed by atoms with Gasteiger partial charge in [0, 0.05) is 26.7 Å². The van der Waals surface area contributed by atoms with Gasteiger partial charge in [-0.1, -0.05) is 6.92 Å².